The molecule has 2 aliphatic carbocycles. The molecule has 1 saturated carbocycles. The van der Waals surface area contributed by atoms with E-state index in [2.05, 4.69) is 30.5 Å². The second-order valence-corrected chi connectivity index (χ2v) is 4.82. The van der Waals surface area contributed by atoms with E-state index < -0.39 is 11.6 Å². The van der Waals surface area contributed by atoms with Gasteiger partial charge in [0.2, 0.25) is 0 Å². The van der Waals surface area contributed by atoms with Gasteiger partial charge in [0.15, 0.2) is 0 Å². The topological polar surface area (TPSA) is 46.5 Å². The quantitative estimate of drug-likeness (QED) is 0.266. The van der Waals surface area contributed by atoms with Crippen LogP contribution in [0, 0.1) is 23.7 Å². The molecule has 0 amide bonds. The van der Waals surface area contributed by atoms with Gasteiger partial charge in [-0.05, 0) is 31.1 Å². The molecule has 0 spiro atoms. The largest absolute Gasteiger partial charge is 0.459 e. The molecule has 1 N–H and O–H groups in total. The lowest BCUT2D eigenvalue weighted by molar-refractivity contribution is -0.133. The van der Waals surface area contributed by atoms with Crippen molar-refractivity contribution in [3.05, 3.63) is 11.5 Å². The number of ether oxygens (including phenoxy) is 1. The summed E-state index contributed by atoms with van der Waals surface area (Å²) < 4.78 is 4.43. The van der Waals surface area contributed by atoms with Gasteiger partial charge in [0.1, 0.15) is 13.4 Å². The van der Waals surface area contributed by atoms with Gasteiger partial charge in [0.05, 0.1) is 7.11 Å². The van der Waals surface area contributed by atoms with Gasteiger partial charge in [-0.1, -0.05) is 12.0 Å². The van der Waals surface area contributed by atoms with Crippen LogP contribution in [0.2, 0.25) is 0 Å². The van der Waals surface area contributed by atoms with Crippen LogP contribution in [0.4, 0.5) is 0 Å². The highest BCUT2D eigenvalue weighted by atomic mass is 16.5. The molecule has 1 fully saturated rings. The van der Waals surface area contributed by atoms with Gasteiger partial charge < -0.3 is 9.84 Å². The van der Waals surface area contributed by atoms with Crippen LogP contribution in [-0.4, -0.2) is 31.6 Å². The summed E-state index contributed by atoms with van der Waals surface area (Å²) in [4.78, 5) is 10.9. The van der Waals surface area contributed by atoms with Crippen molar-refractivity contribution in [2.45, 2.75) is 24.9 Å². The van der Waals surface area contributed by atoms with Crippen molar-refractivity contribution in [2.75, 3.05) is 7.11 Å². The van der Waals surface area contributed by atoms with Crippen LogP contribution in [0.5, 0.6) is 0 Å². The number of allylic oxidation sites excluding steroid dienone is 2. The van der Waals surface area contributed by atoms with Gasteiger partial charge in [0.25, 0.3) is 0 Å². The molecule has 84 valence electrons. The van der Waals surface area contributed by atoms with Crippen LogP contribution in [-0.2, 0) is 9.53 Å². The summed E-state index contributed by atoms with van der Waals surface area (Å²) in [6.45, 7) is 0. The van der Waals surface area contributed by atoms with Crippen LogP contribution in [0.25, 0.3) is 0 Å². The van der Waals surface area contributed by atoms with Crippen LogP contribution < -0.4 is 0 Å². The minimum atomic E-state index is -0.999. The lowest BCUT2D eigenvalue weighted by Gasteiger charge is -2.15. The Morgan fingerprint density at radius 1 is 1.69 bits per heavy atom. The first kappa shape index (κ1) is 11.3. The van der Waals surface area contributed by atoms with E-state index in [-0.39, 0.29) is 0 Å². The van der Waals surface area contributed by atoms with Gasteiger partial charge in [-0.3, -0.25) is 0 Å². The molecule has 4 heteroatoms. The van der Waals surface area contributed by atoms with Crippen molar-refractivity contribution < 1.29 is 14.6 Å². The molecule has 3 nitrogen and oxygen atoms in total. The fourth-order valence-corrected chi connectivity index (χ4v) is 2.81. The van der Waals surface area contributed by atoms with E-state index in [1.807, 2.05) is 0 Å². The maximum absolute atomic E-state index is 10.9. The lowest BCUT2D eigenvalue weighted by atomic mass is 9.90. The highest BCUT2D eigenvalue weighted by Crippen LogP contribution is 2.46. The van der Waals surface area contributed by atoms with Gasteiger partial charge in [-0.2, -0.15) is 0 Å². The summed E-state index contributed by atoms with van der Waals surface area (Å²) in [5.74, 6) is 5.33. The van der Waals surface area contributed by atoms with Gasteiger partial charge in [-0.25, -0.2) is 4.79 Å². The average molecular weight is 218 g/mol. The lowest BCUT2D eigenvalue weighted by Crippen LogP contribution is -2.23. The number of rotatable bonds is 0. The predicted molar refractivity (Wildman–Crippen MR) is 62.2 cm³/mol. The molecule has 0 aromatic heterocycles. The first-order valence-corrected chi connectivity index (χ1v) is 5.53. The molecule has 16 heavy (non-hydrogen) atoms. The number of hydrogen-bond acceptors (Lipinski definition) is 3. The molecule has 3 unspecified atom stereocenters. The van der Waals surface area contributed by atoms with E-state index in [9.17, 15) is 9.90 Å². The van der Waals surface area contributed by atoms with Crippen molar-refractivity contribution in [1.82, 2.24) is 0 Å². The summed E-state index contributed by atoms with van der Waals surface area (Å²) in [5, 5.41) is 10.2. The molecule has 0 saturated heterocycles. The van der Waals surface area contributed by atoms with Crippen LogP contribution in [0.3, 0.4) is 0 Å². The fourth-order valence-electron chi connectivity index (χ4n) is 2.81. The third kappa shape index (κ3) is 2.15. The number of carbonyl (C=O) groups excluding carboxylic acids is 1. The Morgan fingerprint density at radius 3 is 3.06 bits per heavy atom. The zero-order chi connectivity index (χ0) is 11.8. The Morgan fingerprint density at radius 2 is 2.44 bits per heavy atom. The maximum atomic E-state index is 10.9. The molecule has 3 atom stereocenters. The minimum Gasteiger partial charge on any atom is -0.459 e. The molecule has 2 aliphatic rings. The van der Waals surface area contributed by atoms with Crippen LogP contribution in [0.1, 0.15) is 19.3 Å². The van der Waals surface area contributed by atoms with E-state index >= 15 is 0 Å². The molecular weight excluding hydrogens is 203 g/mol. The molecule has 0 aromatic rings. The number of methoxy groups -OCH3 is 1. The zero-order valence-corrected chi connectivity index (χ0v) is 9.62. The van der Waals surface area contributed by atoms with E-state index in [4.69, 9.17) is 0 Å². The summed E-state index contributed by atoms with van der Waals surface area (Å²) in [6, 6.07) is 0. The second-order valence-electron chi connectivity index (χ2n) is 4.82. The van der Waals surface area contributed by atoms with Crippen molar-refractivity contribution >= 4 is 13.8 Å². The maximum Gasteiger partial charge on any atom is 0.384 e. The molecule has 0 heterocycles. The molecule has 0 aromatic carbocycles. The number of fused-ring (bicyclic) bond motifs is 1. The SMILES string of the molecule is BC1=CC2CC(O)(C#CC(=O)OC)CC2C1. The standard InChI is InChI=1S/C12H15BO3/c1-16-11(14)2-3-12(15)6-8-4-10(13)5-9(8)7-12/h4,8-9,15H,5-7,13H2,1H3. The van der Waals surface area contributed by atoms with E-state index in [1.54, 1.807) is 0 Å². The Hall–Kier alpha value is -1.21. The summed E-state index contributed by atoms with van der Waals surface area (Å²) in [6.07, 6.45) is 4.57. The number of esters is 1. The Bertz CT molecular complexity index is 404. The van der Waals surface area contributed by atoms with Crippen molar-refractivity contribution in [1.29, 1.82) is 0 Å². The third-order valence-electron chi connectivity index (χ3n) is 3.44. The molecule has 2 rings (SSSR count). The van der Waals surface area contributed by atoms with Gasteiger partial charge in [-0.15, -0.1) is 5.47 Å². The Kier molecular flexibility index (Phi) is 2.81. The van der Waals surface area contributed by atoms with Gasteiger partial charge in [0, 0.05) is 5.92 Å². The number of hydrogen-bond donors (Lipinski definition) is 1. The molecule has 0 bridgehead atoms. The second kappa shape index (κ2) is 3.99. The number of carbonyl (C=O) groups is 1. The molecule has 0 aliphatic heterocycles. The fraction of sp³-hybridized carbons (Fsp3) is 0.583. The normalized spacial score (nSPS) is 36.0. The third-order valence-corrected chi connectivity index (χ3v) is 3.44. The van der Waals surface area contributed by atoms with E-state index in [1.165, 1.54) is 12.6 Å². The Labute approximate surface area is 96.3 Å². The smallest absolute Gasteiger partial charge is 0.384 e. The minimum absolute atomic E-state index is 0.428. The zero-order valence-electron chi connectivity index (χ0n) is 9.62. The van der Waals surface area contributed by atoms with Crippen LogP contribution >= 0.6 is 0 Å². The Balaban J connectivity index is 2.07. The van der Waals surface area contributed by atoms with E-state index in [0.717, 1.165) is 6.42 Å². The average Bonchev–Trinajstić information content (AvgIpc) is 2.68. The monoisotopic (exact) mass is 218 g/mol. The highest BCUT2D eigenvalue weighted by molar-refractivity contribution is 6.21. The highest BCUT2D eigenvalue weighted by Gasteiger charge is 2.44. The van der Waals surface area contributed by atoms with Crippen LogP contribution in [0.15, 0.2) is 11.5 Å². The van der Waals surface area contributed by atoms with Crippen molar-refractivity contribution in [3.8, 4) is 11.8 Å². The van der Waals surface area contributed by atoms with E-state index in [0.29, 0.717) is 24.7 Å². The summed E-state index contributed by atoms with van der Waals surface area (Å²) >= 11 is 0. The van der Waals surface area contributed by atoms with Crippen molar-refractivity contribution in [3.63, 3.8) is 0 Å². The number of aliphatic hydroxyl groups is 1. The molecular formula is C12H15BO3. The summed E-state index contributed by atoms with van der Waals surface area (Å²) in [5.41, 5.74) is 0.402. The molecule has 0 radical (unpaired) electrons. The first-order valence-electron chi connectivity index (χ1n) is 5.53. The first-order chi connectivity index (χ1) is 7.52. The van der Waals surface area contributed by atoms with Gasteiger partial charge >= 0.3 is 5.97 Å². The van der Waals surface area contributed by atoms with Crippen molar-refractivity contribution in [2.24, 2.45) is 11.8 Å². The summed E-state index contributed by atoms with van der Waals surface area (Å²) in [7, 11) is 3.41. The predicted octanol–water partition coefficient (Wildman–Crippen LogP) is -0.159.